The van der Waals surface area contributed by atoms with E-state index >= 15 is 0 Å². The topological polar surface area (TPSA) is 167 Å². The summed E-state index contributed by atoms with van der Waals surface area (Å²) in [6, 6.07) is 3.03. The van der Waals surface area contributed by atoms with Crippen LogP contribution in [0.1, 0.15) is 30.6 Å². The van der Waals surface area contributed by atoms with E-state index in [0.29, 0.717) is 28.3 Å². The predicted molar refractivity (Wildman–Crippen MR) is 121 cm³/mol. The van der Waals surface area contributed by atoms with Gasteiger partial charge in [0.2, 0.25) is 11.8 Å². The Bertz CT molecular complexity index is 1280. The molecule has 1 saturated carbocycles. The normalized spacial score (nSPS) is 32.1. The largest absolute Gasteiger partial charge is 0.508 e. The van der Waals surface area contributed by atoms with E-state index in [4.69, 9.17) is 10.2 Å². The second-order valence-corrected chi connectivity index (χ2v) is 9.88. The first kappa shape index (κ1) is 23.3. The maximum absolute atomic E-state index is 13.9. The van der Waals surface area contributed by atoms with Crippen molar-refractivity contribution in [2.75, 3.05) is 14.1 Å². The van der Waals surface area contributed by atoms with Crippen molar-refractivity contribution < 1.29 is 34.1 Å². The molecule has 1 amide bonds. The van der Waals surface area contributed by atoms with Crippen molar-refractivity contribution in [1.29, 1.82) is 0 Å². The molecule has 3 aliphatic carbocycles. The number of amides is 1. The fraction of sp³-hybridized carbons (Fsp3) is 0.440. The molecular formula is C25H27N3O7. The van der Waals surface area contributed by atoms with Crippen LogP contribution < -0.4 is 5.73 Å². The number of aromatic hydroxyl groups is 1. The molecule has 0 bridgehead atoms. The number of carbonyl (C=O) groups is 3. The first-order valence-corrected chi connectivity index (χ1v) is 11.4. The summed E-state index contributed by atoms with van der Waals surface area (Å²) < 4.78 is 5.45. The van der Waals surface area contributed by atoms with Crippen LogP contribution in [0.15, 0.2) is 40.3 Å². The number of aliphatic hydroxyl groups excluding tert-OH is 1. The molecule has 3 aliphatic rings. The second-order valence-electron chi connectivity index (χ2n) is 9.88. The molecule has 1 aromatic carbocycles. The molecule has 10 nitrogen and oxygen atoms in total. The van der Waals surface area contributed by atoms with Gasteiger partial charge in [0.15, 0.2) is 17.2 Å². The Hall–Kier alpha value is -3.50. The minimum atomic E-state index is -2.52. The maximum Gasteiger partial charge on any atom is 0.232 e. The molecular weight excluding hydrogens is 454 g/mol. The van der Waals surface area contributed by atoms with Crippen LogP contribution in [0.25, 0.3) is 11.5 Å². The minimum Gasteiger partial charge on any atom is -0.508 e. The number of phenols is 1. The summed E-state index contributed by atoms with van der Waals surface area (Å²) in [4.78, 5) is 45.4. The Labute approximate surface area is 201 Å². The zero-order valence-corrected chi connectivity index (χ0v) is 19.6. The van der Waals surface area contributed by atoms with Crippen LogP contribution >= 0.6 is 0 Å². The van der Waals surface area contributed by atoms with Crippen molar-refractivity contribution >= 4 is 17.5 Å². The fourth-order valence-electron chi connectivity index (χ4n) is 6.52. The molecule has 1 aromatic heterocycles. The zero-order valence-electron chi connectivity index (χ0n) is 19.6. The second kappa shape index (κ2) is 7.76. The third kappa shape index (κ3) is 3.02. The number of rotatable bonds is 3. The molecule has 10 heteroatoms. The van der Waals surface area contributed by atoms with Gasteiger partial charge in [0.05, 0.1) is 18.2 Å². The van der Waals surface area contributed by atoms with E-state index < -0.39 is 52.9 Å². The summed E-state index contributed by atoms with van der Waals surface area (Å²) in [5, 5.41) is 33.7. The molecule has 3 unspecified atom stereocenters. The molecule has 6 atom stereocenters. The lowest BCUT2D eigenvalue weighted by Crippen LogP contribution is -2.67. The highest BCUT2D eigenvalue weighted by Crippen LogP contribution is 2.56. The number of aliphatic hydroxyl groups is 2. The molecule has 5 rings (SSSR count). The summed E-state index contributed by atoms with van der Waals surface area (Å²) in [7, 11) is 3.43. The lowest BCUT2D eigenvalue weighted by Gasteiger charge is -2.52. The van der Waals surface area contributed by atoms with Crippen molar-refractivity contribution in [3.63, 3.8) is 0 Å². The van der Waals surface area contributed by atoms with Gasteiger partial charge < -0.3 is 30.4 Å². The average molecular weight is 482 g/mol. The van der Waals surface area contributed by atoms with Crippen LogP contribution in [-0.4, -0.2) is 62.4 Å². The van der Waals surface area contributed by atoms with Gasteiger partial charge in [0, 0.05) is 36.8 Å². The number of nitrogens with zero attached hydrogens (tertiary/aromatic N) is 2. The van der Waals surface area contributed by atoms with E-state index in [0.717, 1.165) is 0 Å². The summed E-state index contributed by atoms with van der Waals surface area (Å²) in [5.74, 6) is -6.64. The quantitative estimate of drug-likeness (QED) is 0.462. The van der Waals surface area contributed by atoms with Crippen molar-refractivity contribution in [3.8, 4) is 17.2 Å². The van der Waals surface area contributed by atoms with Gasteiger partial charge in [-0.15, -0.1) is 0 Å². The van der Waals surface area contributed by atoms with Gasteiger partial charge in [-0.2, -0.15) is 0 Å². The van der Waals surface area contributed by atoms with Gasteiger partial charge in [-0.3, -0.25) is 14.4 Å². The van der Waals surface area contributed by atoms with E-state index in [1.807, 2.05) is 0 Å². The van der Waals surface area contributed by atoms with Gasteiger partial charge in [-0.25, -0.2) is 4.98 Å². The number of aromatic nitrogens is 1. The smallest absolute Gasteiger partial charge is 0.232 e. The molecule has 0 radical (unpaired) electrons. The van der Waals surface area contributed by atoms with Gasteiger partial charge in [0.25, 0.3) is 0 Å². The monoisotopic (exact) mass is 481 g/mol. The number of hydrogen-bond acceptors (Lipinski definition) is 9. The van der Waals surface area contributed by atoms with Crippen LogP contribution in [0.3, 0.4) is 0 Å². The van der Waals surface area contributed by atoms with Crippen molar-refractivity contribution in [2.24, 2.45) is 29.4 Å². The fourth-order valence-corrected chi connectivity index (χ4v) is 6.52. The van der Waals surface area contributed by atoms with Crippen LogP contribution in [0.5, 0.6) is 5.75 Å². The summed E-state index contributed by atoms with van der Waals surface area (Å²) in [6.07, 6.45) is 1.91. The Balaban J connectivity index is 1.68. The third-order valence-electron chi connectivity index (χ3n) is 7.90. The number of phenolic OH excluding ortho intramolecular Hbond substituents is 1. The lowest BCUT2D eigenvalue weighted by molar-refractivity contribution is -0.175. The van der Waals surface area contributed by atoms with Crippen molar-refractivity contribution in [3.05, 3.63) is 47.0 Å². The van der Waals surface area contributed by atoms with Gasteiger partial charge in [-0.05, 0) is 49.0 Å². The molecule has 35 heavy (non-hydrogen) atoms. The average Bonchev–Trinajstić information content (AvgIpc) is 3.30. The molecule has 1 fully saturated rings. The number of oxazole rings is 1. The maximum atomic E-state index is 13.9. The van der Waals surface area contributed by atoms with Gasteiger partial charge >= 0.3 is 0 Å². The molecule has 5 N–H and O–H groups in total. The summed E-state index contributed by atoms with van der Waals surface area (Å²) >= 11 is 0. The van der Waals surface area contributed by atoms with E-state index in [9.17, 15) is 29.7 Å². The Morgan fingerprint density at radius 3 is 2.57 bits per heavy atom. The van der Waals surface area contributed by atoms with Crippen LogP contribution in [-0.2, 0) is 20.8 Å². The summed E-state index contributed by atoms with van der Waals surface area (Å²) in [5.41, 5.74) is 5.23. The number of hydrogen-bond donors (Lipinski definition) is 4. The van der Waals surface area contributed by atoms with E-state index in [2.05, 4.69) is 4.98 Å². The number of primary amides is 1. The molecule has 0 saturated heterocycles. The zero-order chi connectivity index (χ0) is 25.4. The lowest BCUT2D eigenvalue weighted by atomic mass is 9.53. The minimum absolute atomic E-state index is 0.145. The highest BCUT2D eigenvalue weighted by molar-refractivity contribution is 6.20. The van der Waals surface area contributed by atoms with Gasteiger partial charge in [-0.1, -0.05) is 0 Å². The number of fused-ring (bicyclic) bond motifs is 3. The van der Waals surface area contributed by atoms with Gasteiger partial charge in [0.1, 0.15) is 17.9 Å². The van der Waals surface area contributed by atoms with Crippen LogP contribution in [0.4, 0.5) is 0 Å². The Kier molecular flexibility index (Phi) is 5.15. The molecule has 184 valence electrons. The highest BCUT2D eigenvalue weighted by Gasteiger charge is 2.66. The highest BCUT2D eigenvalue weighted by atomic mass is 16.3. The first-order valence-electron chi connectivity index (χ1n) is 11.4. The van der Waals surface area contributed by atoms with E-state index in [1.54, 1.807) is 32.0 Å². The third-order valence-corrected chi connectivity index (χ3v) is 7.90. The van der Waals surface area contributed by atoms with Crippen molar-refractivity contribution in [1.82, 2.24) is 9.88 Å². The van der Waals surface area contributed by atoms with E-state index in [-0.39, 0.29) is 24.2 Å². The number of carbonyl (C=O) groups excluding carboxylic acids is 3. The SMILES string of the molecule is CC1=C(N(C)C)[C@@H]2C[C@@H]3Cc4c(-c5ncco5)ccc(O)c4C(O)C3C(=O)[C@]2(O)C(=O)C1C(N)=O. The van der Waals surface area contributed by atoms with Crippen LogP contribution in [0, 0.1) is 23.7 Å². The number of benzene rings is 1. The van der Waals surface area contributed by atoms with Crippen molar-refractivity contribution in [2.45, 2.75) is 31.5 Å². The first-order chi connectivity index (χ1) is 16.5. The summed E-state index contributed by atoms with van der Waals surface area (Å²) in [6.45, 7) is 1.61. The molecule has 0 aliphatic heterocycles. The number of Topliss-reactive ketones (excluding diaryl/α,β-unsaturated/α-hetero) is 2. The Morgan fingerprint density at radius 2 is 1.97 bits per heavy atom. The standard InChI is InChI=1S/C25H27N3O7/c1-10-16(23(26)33)21(31)25(34)14(19(10)28(2)3)9-11-8-13-12(24-27-6-7-35-24)4-5-15(29)18(13)20(30)17(11)22(25)32/h4-7,11,14,16-17,20,29-30,34H,8-9H2,1-3H3,(H2,26,33)/t11-,14-,16?,17?,20?,25+/m0/s1. The molecule has 0 spiro atoms. The molecule has 1 heterocycles. The van der Waals surface area contributed by atoms with Crippen LogP contribution in [0.2, 0.25) is 0 Å². The predicted octanol–water partition coefficient (Wildman–Crippen LogP) is 0.709. The number of ketones is 2. The van der Waals surface area contributed by atoms with E-state index in [1.165, 1.54) is 18.5 Å². The number of nitrogens with two attached hydrogens (primary N) is 1. The molecule has 2 aromatic rings. The Morgan fingerprint density at radius 1 is 1.26 bits per heavy atom.